The number of carbonyl (C=O) groups excluding carboxylic acids is 1. The third-order valence-corrected chi connectivity index (χ3v) is 5.41. The second kappa shape index (κ2) is 15.1. The van der Waals surface area contributed by atoms with E-state index in [0.717, 1.165) is 31.2 Å². The lowest BCUT2D eigenvalue weighted by Gasteiger charge is -2.13. The maximum Gasteiger partial charge on any atom is 0.428 e. The van der Waals surface area contributed by atoms with Gasteiger partial charge in [-0.2, -0.15) is 13.2 Å². The molecule has 2 N–H and O–H groups in total. The molecule has 1 aromatic carbocycles. The third kappa shape index (κ3) is 12.0. The van der Waals surface area contributed by atoms with Gasteiger partial charge in [0.2, 0.25) is 0 Å². The Morgan fingerprint density at radius 3 is 1.84 bits per heavy atom. The Morgan fingerprint density at radius 2 is 1.39 bits per heavy atom. The number of rotatable bonds is 16. The Bertz CT molecular complexity index is 634. The van der Waals surface area contributed by atoms with Gasteiger partial charge in [-0.3, -0.25) is 4.79 Å². The van der Waals surface area contributed by atoms with E-state index in [-0.39, 0.29) is 11.4 Å². The zero-order valence-corrected chi connectivity index (χ0v) is 18.6. The second-order valence-electron chi connectivity index (χ2n) is 8.24. The van der Waals surface area contributed by atoms with E-state index in [1.54, 1.807) is 11.4 Å². The minimum absolute atomic E-state index is 0.231. The van der Waals surface area contributed by atoms with Crippen LogP contribution in [0.15, 0.2) is 18.2 Å². The van der Waals surface area contributed by atoms with E-state index in [0.29, 0.717) is 0 Å². The van der Waals surface area contributed by atoms with Crippen LogP contribution in [0.25, 0.3) is 0 Å². The number of halogens is 4. The van der Waals surface area contributed by atoms with E-state index in [1.807, 2.05) is 0 Å². The molecule has 1 rings (SSSR count). The molecule has 0 aliphatic heterocycles. The smallest absolute Gasteiger partial charge is 0.428 e. The molecule has 0 heterocycles. The molecule has 0 aliphatic carbocycles. The molecule has 1 amide bonds. The fraction of sp³-hybridized carbons (Fsp3) is 0.708. The first-order valence-electron chi connectivity index (χ1n) is 11.6. The number of amides is 1. The maximum atomic E-state index is 13.0. The highest BCUT2D eigenvalue weighted by Gasteiger charge is 2.45. The van der Waals surface area contributed by atoms with Crippen molar-refractivity contribution in [2.24, 2.45) is 0 Å². The molecule has 178 valence electrons. The van der Waals surface area contributed by atoms with Crippen LogP contribution in [0.1, 0.15) is 96.0 Å². The molecule has 0 bridgehead atoms. The van der Waals surface area contributed by atoms with Crippen molar-refractivity contribution in [3.8, 4) is 5.75 Å². The van der Waals surface area contributed by atoms with E-state index in [2.05, 4.69) is 6.92 Å². The number of hydrogen-bond acceptors (Lipinski definition) is 2. The maximum absolute atomic E-state index is 13.0. The minimum Gasteiger partial charge on any atom is -0.506 e. The molecule has 7 heteroatoms. The fourth-order valence-corrected chi connectivity index (χ4v) is 3.53. The molecule has 0 fully saturated rings. The second-order valence-corrected chi connectivity index (χ2v) is 8.24. The van der Waals surface area contributed by atoms with Crippen LogP contribution in [-0.4, -0.2) is 23.4 Å². The molecule has 3 nitrogen and oxygen atoms in total. The summed E-state index contributed by atoms with van der Waals surface area (Å²) < 4.78 is 49.7. The molecule has 0 aromatic heterocycles. The van der Waals surface area contributed by atoms with Gasteiger partial charge in [0.25, 0.3) is 12.1 Å². The molecule has 1 aromatic rings. The first kappa shape index (κ1) is 27.2. The van der Waals surface area contributed by atoms with Crippen LogP contribution in [0, 0.1) is 0 Å². The molecule has 31 heavy (non-hydrogen) atoms. The highest BCUT2D eigenvalue weighted by Crippen LogP contribution is 2.28. The van der Waals surface area contributed by atoms with Crippen molar-refractivity contribution >= 4 is 11.6 Å². The predicted molar refractivity (Wildman–Crippen MR) is 117 cm³/mol. The number of aromatic hydroxyl groups is 1. The Hall–Kier alpha value is -1.79. The number of alkyl halides is 4. The van der Waals surface area contributed by atoms with Crippen LogP contribution in [0.2, 0.25) is 0 Å². The number of nitrogens with one attached hydrogen (secondary N) is 1. The summed E-state index contributed by atoms with van der Waals surface area (Å²) in [4.78, 5) is 11.3. The van der Waals surface area contributed by atoms with Crippen LogP contribution >= 0.6 is 0 Å². The molecule has 0 radical (unpaired) electrons. The highest BCUT2D eigenvalue weighted by atomic mass is 19.4. The van der Waals surface area contributed by atoms with Gasteiger partial charge < -0.3 is 10.4 Å². The Balaban J connectivity index is 2.15. The lowest BCUT2D eigenvalue weighted by Crippen LogP contribution is -2.36. The van der Waals surface area contributed by atoms with Crippen molar-refractivity contribution in [1.29, 1.82) is 0 Å². The average Bonchev–Trinajstić information content (AvgIpc) is 2.72. The minimum atomic E-state index is -5.27. The summed E-state index contributed by atoms with van der Waals surface area (Å²) in [5.41, 5.74) is 0.595. The number of anilines is 1. The molecule has 0 saturated heterocycles. The highest BCUT2D eigenvalue weighted by molar-refractivity contribution is 5.95. The molecule has 0 aliphatic rings. The Morgan fingerprint density at radius 1 is 0.903 bits per heavy atom. The average molecular weight is 448 g/mol. The van der Waals surface area contributed by atoms with E-state index >= 15 is 0 Å². The van der Waals surface area contributed by atoms with Crippen molar-refractivity contribution in [1.82, 2.24) is 0 Å². The quantitative estimate of drug-likeness (QED) is 0.154. The van der Waals surface area contributed by atoms with Gasteiger partial charge in [-0.1, -0.05) is 90.0 Å². The van der Waals surface area contributed by atoms with Gasteiger partial charge in [-0.05, 0) is 30.5 Å². The van der Waals surface area contributed by atoms with Crippen LogP contribution in [-0.2, 0) is 11.2 Å². The third-order valence-electron chi connectivity index (χ3n) is 5.41. The van der Waals surface area contributed by atoms with Crippen LogP contribution in [0.3, 0.4) is 0 Å². The lowest BCUT2D eigenvalue weighted by atomic mass is 10.0. The summed E-state index contributed by atoms with van der Waals surface area (Å²) in [5.74, 6) is -2.21. The lowest BCUT2D eigenvalue weighted by molar-refractivity contribution is -0.183. The number of benzene rings is 1. The normalized spacial score (nSPS) is 12.7. The Kier molecular flexibility index (Phi) is 13.3. The van der Waals surface area contributed by atoms with Gasteiger partial charge in [0.15, 0.2) is 0 Å². The topological polar surface area (TPSA) is 49.3 Å². The monoisotopic (exact) mass is 447 g/mol. The van der Waals surface area contributed by atoms with Crippen molar-refractivity contribution in [2.45, 2.75) is 109 Å². The van der Waals surface area contributed by atoms with Crippen molar-refractivity contribution < 1.29 is 27.5 Å². The van der Waals surface area contributed by atoms with Gasteiger partial charge in [0, 0.05) is 0 Å². The fourth-order valence-electron chi connectivity index (χ4n) is 3.53. The Labute approximate surface area is 183 Å². The molecule has 1 unspecified atom stereocenters. The summed E-state index contributed by atoms with van der Waals surface area (Å²) in [7, 11) is 0. The number of hydrogen-bond donors (Lipinski definition) is 2. The zero-order chi connectivity index (χ0) is 23.1. The number of unbranched alkanes of at least 4 members (excludes halogenated alkanes) is 12. The van der Waals surface area contributed by atoms with E-state index in [1.165, 1.54) is 76.3 Å². The van der Waals surface area contributed by atoms with E-state index in [9.17, 15) is 27.5 Å². The van der Waals surface area contributed by atoms with Crippen molar-refractivity contribution in [2.75, 3.05) is 5.32 Å². The number of phenols is 1. The van der Waals surface area contributed by atoms with Crippen LogP contribution in [0.4, 0.5) is 23.2 Å². The summed E-state index contributed by atoms with van der Waals surface area (Å²) >= 11 is 0. The molecule has 0 spiro atoms. The molecule has 0 saturated carbocycles. The van der Waals surface area contributed by atoms with E-state index < -0.39 is 18.3 Å². The first-order valence-corrected chi connectivity index (χ1v) is 11.6. The molecular weight excluding hydrogens is 410 g/mol. The zero-order valence-electron chi connectivity index (χ0n) is 18.6. The summed E-state index contributed by atoms with van der Waals surface area (Å²) in [6.45, 7) is 2.23. The van der Waals surface area contributed by atoms with Gasteiger partial charge in [-0.15, -0.1) is 0 Å². The van der Waals surface area contributed by atoms with Crippen LogP contribution in [0.5, 0.6) is 5.75 Å². The number of carbonyl (C=O) groups is 1. The number of aryl methyl sites for hydroxylation is 1. The van der Waals surface area contributed by atoms with Gasteiger partial charge in [-0.25, -0.2) is 4.39 Å². The summed E-state index contributed by atoms with van der Waals surface area (Å²) in [5, 5.41) is 11.7. The number of phenolic OH excluding ortho intramolecular Hbond substituents is 1. The van der Waals surface area contributed by atoms with Gasteiger partial charge >= 0.3 is 6.18 Å². The largest absolute Gasteiger partial charge is 0.506 e. The SMILES string of the molecule is CCCCCCCCCCCCCCCc1ccc(NC(=O)C(F)C(F)(F)F)c(O)c1. The summed E-state index contributed by atoms with van der Waals surface area (Å²) in [6, 6.07) is 4.32. The van der Waals surface area contributed by atoms with Crippen molar-refractivity contribution in [3.05, 3.63) is 23.8 Å². The van der Waals surface area contributed by atoms with Crippen LogP contribution < -0.4 is 5.32 Å². The standard InChI is InChI=1S/C24H37F4NO2/c1-2-3-4-5-6-7-8-9-10-11-12-13-14-15-19-16-17-20(21(30)18-19)29-23(31)22(25)24(26,27)28/h16-18,22,30H,2-15H2,1H3,(H,29,31). The first-order chi connectivity index (χ1) is 14.8. The van der Waals surface area contributed by atoms with E-state index in [4.69, 9.17) is 0 Å². The molecular formula is C24H37F4NO2. The van der Waals surface area contributed by atoms with Gasteiger partial charge in [0.1, 0.15) is 5.75 Å². The van der Waals surface area contributed by atoms with Gasteiger partial charge in [0.05, 0.1) is 5.69 Å². The predicted octanol–water partition coefficient (Wildman–Crippen LogP) is 7.86. The summed E-state index contributed by atoms with van der Waals surface area (Å²) in [6.07, 6.45) is 8.16. The molecule has 1 atom stereocenters. The van der Waals surface area contributed by atoms with Crippen molar-refractivity contribution in [3.63, 3.8) is 0 Å².